The van der Waals surface area contributed by atoms with Gasteiger partial charge in [-0.25, -0.2) is 0 Å². The third-order valence-corrected chi connectivity index (χ3v) is 2.62. The molecule has 0 aliphatic rings. The molecule has 0 saturated carbocycles. The minimum Gasteiger partial charge on any atom is -0.618 e. The predicted molar refractivity (Wildman–Crippen MR) is 63.0 cm³/mol. The molecule has 1 aromatic carbocycles. The van der Waals surface area contributed by atoms with Gasteiger partial charge in [-0.2, -0.15) is 4.73 Å². The average molecular weight is 278 g/mol. The van der Waals surface area contributed by atoms with E-state index in [0.29, 0.717) is 14.8 Å². The van der Waals surface area contributed by atoms with Crippen LogP contribution in [-0.2, 0) is 0 Å². The van der Waals surface area contributed by atoms with Crippen molar-refractivity contribution in [1.82, 2.24) is 0 Å². The summed E-state index contributed by atoms with van der Waals surface area (Å²) in [5.74, 6) is -0.275. The molecule has 0 bridgehead atoms. The standard InChI is InChI=1S/C12H8BrNO2/c13-10-6-7-11(14(16)8-10)12(15)9-4-2-1-3-5-9/h1-8H. The number of aromatic nitrogens is 1. The van der Waals surface area contributed by atoms with E-state index in [1.54, 1.807) is 30.3 Å². The van der Waals surface area contributed by atoms with Gasteiger partial charge in [0.1, 0.15) is 0 Å². The highest BCUT2D eigenvalue weighted by Gasteiger charge is 2.17. The molecule has 0 spiro atoms. The summed E-state index contributed by atoms with van der Waals surface area (Å²) in [6.07, 6.45) is 1.32. The molecule has 0 saturated heterocycles. The fourth-order valence-electron chi connectivity index (χ4n) is 1.37. The number of ketones is 1. The minimum atomic E-state index is -0.275. The quantitative estimate of drug-likeness (QED) is 0.480. The molecule has 2 rings (SSSR count). The number of hydrogen-bond donors (Lipinski definition) is 0. The third kappa shape index (κ3) is 2.12. The first-order valence-corrected chi connectivity index (χ1v) is 5.46. The van der Waals surface area contributed by atoms with Crippen LogP contribution in [0.3, 0.4) is 0 Å². The lowest BCUT2D eigenvalue weighted by atomic mass is 10.1. The summed E-state index contributed by atoms with van der Waals surface area (Å²) < 4.78 is 1.21. The van der Waals surface area contributed by atoms with Crippen LogP contribution in [0.5, 0.6) is 0 Å². The van der Waals surface area contributed by atoms with Gasteiger partial charge in [0.2, 0.25) is 0 Å². The molecule has 3 nitrogen and oxygen atoms in total. The van der Waals surface area contributed by atoms with E-state index in [1.807, 2.05) is 6.07 Å². The zero-order valence-electron chi connectivity index (χ0n) is 8.26. The van der Waals surface area contributed by atoms with Crippen molar-refractivity contribution in [2.45, 2.75) is 0 Å². The molecule has 4 heteroatoms. The van der Waals surface area contributed by atoms with E-state index in [2.05, 4.69) is 15.9 Å². The van der Waals surface area contributed by atoms with Gasteiger partial charge in [-0.15, -0.1) is 0 Å². The Morgan fingerprint density at radius 2 is 1.81 bits per heavy atom. The molecule has 2 aromatic rings. The van der Waals surface area contributed by atoms with Crippen LogP contribution in [-0.4, -0.2) is 5.78 Å². The Bertz CT molecular complexity index is 526. The third-order valence-electron chi connectivity index (χ3n) is 2.15. The number of carbonyl (C=O) groups excluding carboxylic acids is 1. The smallest absolute Gasteiger partial charge is 0.264 e. The van der Waals surface area contributed by atoms with E-state index >= 15 is 0 Å². The van der Waals surface area contributed by atoms with E-state index < -0.39 is 0 Å². The number of benzene rings is 1. The Hall–Kier alpha value is -1.68. The van der Waals surface area contributed by atoms with Crippen molar-refractivity contribution in [3.05, 3.63) is 69.6 Å². The molecular weight excluding hydrogens is 270 g/mol. The lowest BCUT2D eigenvalue weighted by Gasteiger charge is -2.03. The van der Waals surface area contributed by atoms with Crippen molar-refractivity contribution in [1.29, 1.82) is 0 Å². The summed E-state index contributed by atoms with van der Waals surface area (Å²) >= 11 is 3.17. The van der Waals surface area contributed by atoms with Crippen molar-refractivity contribution in [3.8, 4) is 0 Å². The Morgan fingerprint density at radius 3 is 2.44 bits per heavy atom. The zero-order chi connectivity index (χ0) is 11.5. The second kappa shape index (κ2) is 4.45. The van der Waals surface area contributed by atoms with Gasteiger partial charge in [0.15, 0.2) is 6.20 Å². The Kier molecular flexibility index (Phi) is 3.01. The van der Waals surface area contributed by atoms with Crippen molar-refractivity contribution >= 4 is 21.7 Å². The van der Waals surface area contributed by atoms with Gasteiger partial charge in [0, 0.05) is 11.6 Å². The Labute approximate surface area is 101 Å². The molecule has 0 atom stereocenters. The Balaban J connectivity index is 2.42. The molecule has 0 aliphatic carbocycles. The van der Waals surface area contributed by atoms with Crippen LogP contribution in [0, 0.1) is 5.21 Å². The van der Waals surface area contributed by atoms with Crippen LogP contribution in [0.1, 0.15) is 16.1 Å². The van der Waals surface area contributed by atoms with Crippen LogP contribution in [0.15, 0.2) is 53.1 Å². The van der Waals surface area contributed by atoms with Crippen LogP contribution in [0.25, 0.3) is 0 Å². The highest BCUT2D eigenvalue weighted by molar-refractivity contribution is 9.10. The van der Waals surface area contributed by atoms with Gasteiger partial charge in [-0.05, 0) is 22.0 Å². The number of hydrogen-bond acceptors (Lipinski definition) is 2. The lowest BCUT2D eigenvalue weighted by Crippen LogP contribution is -2.34. The summed E-state index contributed by atoms with van der Waals surface area (Å²) in [6, 6.07) is 11.9. The molecule has 80 valence electrons. The first kappa shape index (κ1) is 10.8. The van der Waals surface area contributed by atoms with Crippen LogP contribution in [0.2, 0.25) is 0 Å². The molecule has 1 aromatic heterocycles. The van der Waals surface area contributed by atoms with Crippen LogP contribution < -0.4 is 4.73 Å². The molecule has 0 N–H and O–H groups in total. The summed E-state index contributed by atoms with van der Waals surface area (Å²) in [5, 5.41) is 11.5. The average Bonchev–Trinajstić information content (AvgIpc) is 2.29. The number of pyridine rings is 1. The fraction of sp³-hybridized carbons (Fsp3) is 0. The van der Waals surface area contributed by atoms with Gasteiger partial charge in [0.25, 0.3) is 11.5 Å². The van der Waals surface area contributed by atoms with Crippen molar-refractivity contribution in [3.63, 3.8) is 0 Å². The molecule has 0 fully saturated rings. The predicted octanol–water partition coefficient (Wildman–Crippen LogP) is 2.31. The van der Waals surface area contributed by atoms with Crippen molar-refractivity contribution in [2.24, 2.45) is 0 Å². The van der Waals surface area contributed by atoms with Crippen molar-refractivity contribution < 1.29 is 9.52 Å². The highest BCUT2D eigenvalue weighted by atomic mass is 79.9. The molecule has 1 heterocycles. The first-order chi connectivity index (χ1) is 7.68. The first-order valence-electron chi connectivity index (χ1n) is 4.67. The molecule has 0 radical (unpaired) electrons. The summed E-state index contributed by atoms with van der Waals surface area (Å²) in [7, 11) is 0. The van der Waals surface area contributed by atoms with E-state index in [1.165, 1.54) is 12.3 Å². The van der Waals surface area contributed by atoms with E-state index in [4.69, 9.17) is 0 Å². The van der Waals surface area contributed by atoms with Gasteiger partial charge in [-0.1, -0.05) is 30.3 Å². The second-order valence-corrected chi connectivity index (χ2v) is 4.17. The van der Waals surface area contributed by atoms with Gasteiger partial charge in [-0.3, -0.25) is 4.79 Å². The maximum atomic E-state index is 11.9. The monoisotopic (exact) mass is 277 g/mol. The number of carbonyl (C=O) groups is 1. The largest absolute Gasteiger partial charge is 0.618 e. The highest BCUT2D eigenvalue weighted by Crippen LogP contribution is 2.10. The molecule has 0 unspecified atom stereocenters. The SMILES string of the molecule is O=C(c1ccccc1)c1ccc(Br)c[n+]1[O-]. The minimum absolute atomic E-state index is 0.120. The van der Waals surface area contributed by atoms with E-state index in [0.717, 1.165) is 0 Å². The fourth-order valence-corrected chi connectivity index (χ4v) is 1.69. The second-order valence-electron chi connectivity index (χ2n) is 3.25. The van der Waals surface area contributed by atoms with Crippen LogP contribution in [0.4, 0.5) is 0 Å². The zero-order valence-corrected chi connectivity index (χ0v) is 9.85. The van der Waals surface area contributed by atoms with Gasteiger partial charge in [0.05, 0.1) is 4.47 Å². The molecule has 0 aliphatic heterocycles. The van der Waals surface area contributed by atoms with Crippen LogP contribution >= 0.6 is 15.9 Å². The normalized spacial score (nSPS) is 10.1. The summed E-state index contributed by atoms with van der Waals surface area (Å²) in [6.45, 7) is 0. The van der Waals surface area contributed by atoms with Gasteiger partial charge < -0.3 is 5.21 Å². The van der Waals surface area contributed by atoms with Crippen molar-refractivity contribution in [2.75, 3.05) is 0 Å². The summed E-state index contributed by atoms with van der Waals surface area (Å²) in [4.78, 5) is 11.9. The van der Waals surface area contributed by atoms with Gasteiger partial charge >= 0.3 is 0 Å². The Morgan fingerprint density at radius 1 is 1.12 bits per heavy atom. The number of nitrogens with zero attached hydrogens (tertiary/aromatic N) is 1. The number of rotatable bonds is 2. The maximum Gasteiger partial charge on any atom is 0.264 e. The maximum absolute atomic E-state index is 11.9. The summed E-state index contributed by atoms with van der Waals surface area (Å²) in [5.41, 5.74) is 0.629. The molecule has 0 amide bonds. The molecule has 16 heavy (non-hydrogen) atoms. The molecular formula is C12H8BrNO2. The number of halogens is 1. The van der Waals surface area contributed by atoms with E-state index in [9.17, 15) is 10.0 Å². The topological polar surface area (TPSA) is 44.0 Å². The lowest BCUT2D eigenvalue weighted by molar-refractivity contribution is -0.608. The van der Waals surface area contributed by atoms with E-state index in [-0.39, 0.29) is 11.5 Å².